The summed E-state index contributed by atoms with van der Waals surface area (Å²) in [7, 11) is 1.88. The predicted molar refractivity (Wildman–Crippen MR) is 151 cm³/mol. The molecule has 0 aliphatic carbocycles. The summed E-state index contributed by atoms with van der Waals surface area (Å²) in [4.78, 5) is 9.94. The smallest absolute Gasteiger partial charge is 0.365 e. The molecule has 1 fully saturated rings. The number of nitrogens with one attached hydrogen (secondary N) is 1. The van der Waals surface area contributed by atoms with Crippen molar-refractivity contribution >= 4 is 45.8 Å². The van der Waals surface area contributed by atoms with Crippen molar-refractivity contribution in [2.24, 2.45) is 0 Å². The number of benzene rings is 1. The number of likely N-dealkylation sites (N-methyl/N-ethyl adjacent to an activating group) is 1. The largest absolute Gasteiger partial charge is 0.397 e. The van der Waals surface area contributed by atoms with E-state index in [1.165, 1.54) is 17.4 Å². The second-order valence-electron chi connectivity index (χ2n) is 9.63. The van der Waals surface area contributed by atoms with Gasteiger partial charge in [0.2, 0.25) is 0 Å². The van der Waals surface area contributed by atoms with Crippen LogP contribution >= 0.6 is 34.5 Å². The lowest BCUT2D eigenvalue weighted by Gasteiger charge is -2.31. The van der Waals surface area contributed by atoms with Gasteiger partial charge in [0.25, 0.3) is 0 Å². The fraction of sp³-hybridized carbons (Fsp3) is 0.444. The zero-order valence-electron chi connectivity index (χ0n) is 21.4. The number of halogens is 5. The topological polar surface area (TPSA) is 31.4 Å². The third-order valence-electron chi connectivity index (χ3n) is 6.64. The van der Waals surface area contributed by atoms with Gasteiger partial charge in [-0.25, -0.2) is 4.98 Å². The van der Waals surface area contributed by atoms with Crippen molar-refractivity contribution in [1.82, 2.24) is 20.1 Å². The number of rotatable bonds is 12. The number of nitrogens with zero attached hydrogens (tertiary/aromatic N) is 3. The Kier molecular flexibility index (Phi) is 9.56. The number of aromatic nitrogens is 1. The van der Waals surface area contributed by atoms with Gasteiger partial charge in [0.1, 0.15) is 5.01 Å². The fourth-order valence-electron chi connectivity index (χ4n) is 3.98. The molecule has 1 aromatic carbocycles. The van der Waals surface area contributed by atoms with Crippen LogP contribution in [0, 0.1) is 0 Å². The lowest BCUT2D eigenvalue weighted by molar-refractivity contribution is -0.180. The average Bonchev–Trinajstić information content (AvgIpc) is 3.24. The third-order valence-corrected chi connectivity index (χ3v) is 8.66. The first-order valence-electron chi connectivity index (χ1n) is 12.0. The summed E-state index contributed by atoms with van der Waals surface area (Å²) in [6.45, 7) is 19.3. The minimum atomic E-state index is -4.49. The molecule has 1 aromatic heterocycles. The first-order valence-corrected chi connectivity index (χ1v) is 13.6. The van der Waals surface area contributed by atoms with E-state index in [0.717, 1.165) is 51.2 Å². The van der Waals surface area contributed by atoms with Crippen LogP contribution in [0.1, 0.15) is 36.5 Å². The van der Waals surface area contributed by atoms with Gasteiger partial charge in [-0.2, -0.15) is 13.2 Å². The van der Waals surface area contributed by atoms with Crippen molar-refractivity contribution in [2.75, 3.05) is 46.3 Å². The van der Waals surface area contributed by atoms with Gasteiger partial charge in [-0.1, -0.05) is 54.6 Å². The number of hydrogen-bond donors (Lipinski definition) is 1. The van der Waals surface area contributed by atoms with E-state index in [1.807, 2.05) is 7.05 Å². The molecule has 202 valence electrons. The van der Waals surface area contributed by atoms with Crippen molar-refractivity contribution in [3.05, 3.63) is 64.3 Å². The highest BCUT2D eigenvalue weighted by Gasteiger charge is 2.49. The van der Waals surface area contributed by atoms with Gasteiger partial charge in [-0.15, -0.1) is 17.9 Å². The summed E-state index contributed by atoms with van der Waals surface area (Å²) in [5, 5.41) is 3.76. The van der Waals surface area contributed by atoms with Gasteiger partial charge in [0, 0.05) is 31.7 Å². The molecule has 2 heterocycles. The highest BCUT2D eigenvalue weighted by molar-refractivity contribution is 7.16. The summed E-state index contributed by atoms with van der Waals surface area (Å²) >= 11 is 14.5. The SMILES string of the molecule is C=CCN(CCNC)C(=C)c1nc(C(=C)CN2CCC2)c(-c2ccc(C(C)(C)C(F)(F)F)c(Cl)c2Cl)s1. The molecule has 1 saturated heterocycles. The van der Waals surface area contributed by atoms with Gasteiger partial charge in [-0.05, 0) is 51.5 Å². The van der Waals surface area contributed by atoms with E-state index in [-0.39, 0.29) is 15.6 Å². The molecule has 0 radical (unpaired) electrons. The molecular weight excluding hydrogens is 540 g/mol. The van der Waals surface area contributed by atoms with Crippen LogP contribution in [-0.2, 0) is 5.41 Å². The summed E-state index contributed by atoms with van der Waals surface area (Å²) in [5.74, 6) is 0. The molecular formula is C27H33Cl2F3N4S. The van der Waals surface area contributed by atoms with Gasteiger partial charge in [0.15, 0.2) is 0 Å². The first-order chi connectivity index (χ1) is 17.3. The van der Waals surface area contributed by atoms with Crippen LogP contribution in [0.25, 0.3) is 21.7 Å². The highest BCUT2D eigenvalue weighted by atomic mass is 35.5. The van der Waals surface area contributed by atoms with Crippen LogP contribution < -0.4 is 5.32 Å². The maximum Gasteiger partial charge on any atom is 0.397 e. The van der Waals surface area contributed by atoms with E-state index >= 15 is 0 Å². The van der Waals surface area contributed by atoms with Crippen LogP contribution in [0.3, 0.4) is 0 Å². The Balaban J connectivity index is 2.10. The Morgan fingerprint density at radius 3 is 2.43 bits per heavy atom. The lowest BCUT2D eigenvalue weighted by Crippen LogP contribution is -2.38. The van der Waals surface area contributed by atoms with E-state index in [0.29, 0.717) is 40.8 Å². The molecule has 1 aliphatic heterocycles. The maximum absolute atomic E-state index is 13.8. The van der Waals surface area contributed by atoms with Crippen molar-refractivity contribution in [3.63, 3.8) is 0 Å². The van der Waals surface area contributed by atoms with E-state index in [9.17, 15) is 13.2 Å². The predicted octanol–water partition coefficient (Wildman–Crippen LogP) is 7.35. The van der Waals surface area contributed by atoms with Crippen LogP contribution in [-0.4, -0.2) is 67.3 Å². The van der Waals surface area contributed by atoms with E-state index < -0.39 is 11.6 Å². The Morgan fingerprint density at radius 1 is 1.22 bits per heavy atom. The van der Waals surface area contributed by atoms with Gasteiger partial charge in [0.05, 0.1) is 31.7 Å². The van der Waals surface area contributed by atoms with Gasteiger partial charge in [-0.3, -0.25) is 4.90 Å². The summed E-state index contributed by atoms with van der Waals surface area (Å²) in [6.07, 6.45) is -1.55. The van der Waals surface area contributed by atoms with Crippen molar-refractivity contribution in [3.8, 4) is 10.4 Å². The number of alkyl halides is 3. The Morgan fingerprint density at radius 2 is 1.89 bits per heavy atom. The highest BCUT2D eigenvalue weighted by Crippen LogP contribution is 2.49. The number of likely N-dealkylation sites (tertiary alicyclic amines) is 1. The van der Waals surface area contributed by atoms with Gasteiger partial charge >= 0.3 is 6.18 Å². The molecule has 1 N–H and O–H groups in total. The molecule has 0 saturated carbocycles. The molecule has 10 heteroatoms. The third kappa shape index (κ3) is 6.25. The molecule has 0 bridgehead atoms. The second-order valence-corrected chi connectivity index (χ2v) is 11.4. The molecule has 3 rings (SSSR count). The molecule has 1 aliphatic rings. The summed E-state index contributed by atoms with van der Waals surface area (Å²) in [6, 6.07) is 3.00. The van der Waals surface area contributed by atoms with Crippen LogP contribution in [0.4, 0.5) is 13.2 Å². The van der Waals surface area contributed by atoms with Crippen molar-refractivity contribution in [1.29, 1.82) is 0 Å². The fourth-order valence-corrected chi connectivity index (χ4v) is 5.85. The molecule has 0 spiro atoms. The number of hydrogen-bond acceptors (Lipinski definition) is 5. The standard InChI is InChI=1S/C27H33Cl2F3N4S/c1-7-12-36(15-11-33-6)18(3)25-34-23(17(2)16-35-13-8-14-35)24(37-25)19-9-10-20(22(29)21(19)28)26(4,5)27(30,31)32/h7,9-10,33H,1-3,8,11-16H2,4-6H3. The molecule has 4 nitrogen and oxygen atoms in total. The Labute approximate surface area is 231 Å². The minimum absolute atomic E-state index is 0.0634. The first kappa shape index (κ1) is 29.7. The Hall–Kier alpha value is -1.84. The zero-order valence-corrected chi connectivity index (χ0v) is 23.8. The second kappa shape index (κ2) is 11.9. The molecule has 0 unspecified atom stereocenters. The normalized spacial score (nSPS) is 14.4. The minimum Gasteiger partial charge on any atom is -0.365 e. The van der Waals surface area contributed by atoms with Crippen LogP contribution in [0.15, 0.2) is 37.9 Å². The van der Waals surface area contributed by atoms with E-state index in [1.54, 1.807) is 12.1 Å². The molecule has 0 atom stereocenters. The number of thiazole rings is 1. The van der Waals surface area contributed by atoms with E-state index in [4.69, 9.17) is 28.2 Å². The lowest BCUT2D eigenvalue weighted by atomic mass is 9.83. The van der Waals surface area contributed by atoms with Crippen LogP contribution in [0.2, 0.25) is 10.0 Å². The van der Waals surface area contributed by atoms with Crippen molar-refractivity contribution < 1.29 is 13.2 Å². The summed E-state index contributed by atoms with van der Waals surface area (Å²) in [5.41, 5.74) is 0.469. The van der Waals surface area contributed by atoms with E-state index in [2.05, 4.69) is 34.9 Å². The van der Waals surface area contributed by atoms with Crippen molar-refractivity contribution in [2.45, 2.75) is 31.9 Å². The summed E-state index contributed by atoms with van der Waals surface area (Å²) < 4.78 is 41.3. The Bertz CT molecular complexity index is 1170. The molecule has 0 amide bonds. The molecule has 2 aromatic rings. The van der Waals surface area contributed by atoms with Gasteiger partial charge < -0.3 is 10.2 Å². The average molecular weight is 574 g/mol. The zero-order chi connectivity index (χ0) is 27.5. The maximum atomic E-state index is 13.8. The monoisotopic (exact) mass is 572 g/mol. The quantitative estimate of drug-likeness (QED) is 0.269. The molecule has 37 heavy (non-hydrogen) atoms. The van der Waals surface area contributed by atoms with Crippen LogP contribution in [0.5, 0.6) is 0 Å².